The van der Waals surface area contributed by atoms with Crippen LogP contribution in [0.2, 0.25) is 0 Å². The number of amides is 3. The molecule has 0 atom stereocenters. The lowest BCUT2D eigenvalue weighted by Crippen LogP contribution is -2.29. The summed E-state index contributed by atoms with van der Waals surface area (Å²) in [5, 5.41) is 16.9. The Kier molecular flexibility index (Phi) is 6.67. The van der Waals surface area contributed by atoms with Gasteiger partial charge in [0.15, 0.2) is 0 Å². The summed E-state index contributed by atoms with van der Waals surface area (Å²) in [5.41, 5.74) is 2.67. The second-order valence-electron chi connectivity index (χ2n) is 7.70. The van der Waals surface area contributed by atoms with Crippen molar-refractivity contribution in [2.45, 2.75) is 20.0 Å². The Hall–Kier alpha value is -4.47. The molecular formula is C24H25N7O3. The third-order valence-electron chi connectivity index (χ3n) is 5.45. The van der Waals surface area contributed by atoms with E-state index in [0.29, 0.717) is 18.2 Å². The Morgan fingerprint density at radius 3 is 2.53 bits per heavy atom. The second-order valence-corrected chi connectivity index (χ2v) is 7.70. The minimum Gasteiger partial charge on any atom is -0.465 e. The fraction of sp³-hybridized carbons (Fsp3) is 0.208. The number of aromatic nitrogens is 4. The van der Waals surface area contributed by atoms with Gasteiger partial charge >= 0.3 is 12.1 Å². The Morgan fingerprint density at radius 1 is 1.06 bits per heavy atom. The molecular weight excluding hydrogens is 434 g/mol. The van der Waals surface area contributed by atoms with Crippen molar-refractivity contribution in [3.8, 4) is 11.1 Å². The predicted molar refractivity (Wildman–Crippen MR) is 128 cm³/mol. The van der Waals surface area contributed by atoms with E-state index in [1.54, 1.807) is 41.6 Å². The largest absolute Gasteiger partial charge is 0.465 e. The Morgan fingerprint density at radius 2 is 1.85 bits per heavy atom. The summed E-state index contributed by atoms with van der Waals surface area (Å²) in [6, 6.07) is 9.11. The number of carbonyl (C=O) groups excluding carboxylic acids is 1. The fourth-order valence-electron chi connectivity index (χ4n) is 3.72. The van der Waals surface area contributed by atoms with E-state index in [4.69, 9.17) is 0 Å². The molecule has 0 aliphatic heterocycles. The van der Waals surface area contributed by atoms with Crippen LogP contribution in [0.25, 0.3) is 21.9 Å². The van der Waals surface area contributed by atoms with Gasteiger partial charge in [-0.15, -0.1) is 0 Å². The summed E-state index contributed by atoms with van der Waals surface area (Å²) >= 11 is 0. The number of urea groups is 1. The molecule has 4 aromatic rings. The molecule has 3 heterocycles. The second kappa shape index (κ2) is 9.99. The highest BCUT2D eigenvalue weighted by Crippen LogP contribution is 2.32. The molecule has 0 unspecified atom stereocenters. The molecule has 0 saturated heterocycles. The molecule has 174 valence electrons. The van der Waals surface area contributed by atoms with Crippen molar-refractivity contribution in [3.63, 3.8) is 0 Å². The zero-order chi connectivity index (χ0) is 24.1. The molecule has 0 saturated carbocycles. The van der Waals surface area contributed by atoms with Crippen LogP contribution >= 0.6 is 0 Å². The highest BCUT2D eigenvalue weighted by molar-refractivity contribution is 6.00. The highest BCUT2D eigenvalue weighted by atomic mass is 16.4. The standard InChI is InChI=1S/C24H25N7O3/c1-3-26-23(32)29-21-12-19-18(16-6-8-25-9-7-16)5-4-17(20(19)13-28-21)14-31(24(33)34)15-22-27-10-11-30(22)2/h4-13H,3,14-15H2,1-2H3,(H,33,34)(H2,26,28,29,32). The number of nitrogens with one attached hydrogen (secondary N) is 2. The van der Waals surface area contributed by atoms with E-state index in [0.717, 1.165) is 27.5 Å². The number of benzene rings is 1. The fourth-order valence-corrected chi connectivity index (χ4v) is 3.72. The summed E-state index contributed by atoms with van der Waals surface area (Å²) < 4.78 is 1.79. The lowest BCUT2D eigenvalue weighted by atomic mass is 9.96. The number of hydrogen-bond acceptors (Lipinski definition) is 5. The third kappa shape index (κ3) is 4.96. The number of aryl methyl sites for hydroxylation is 1. The first-order valence-electron chi connectivity index (χ1n) is 10.8. The van der Waals surface area contributed by atoms with Crippen molar-refractivity contribution in [1.29, 1.82) is 0 Å². The molecule has 3 amide bonds. The van der Waals surface area contributed by atoms with Crippen molar-refractivity contribution in [2.75, 3.05) is 11.9 Å². The van der Waals surface area contributed by atoms with Crippen LogP contribution < -0.4 is 10.6 Å². The van der Waals surface area contributed by atoms with Gasteiger partial charge in [-0.25, -0.2) is 19.6 Å². The highest BCUT2D eigenvalue weighted by Gasteiger charge is 2.18. The smallest absolute Gasteiger partial charge is 0.408 e. The molecule has 1 aromatic carbocycles. The van der Waals surface area contributed by atoms with E-state index >= 15 is 0 Å². The van der Waals surface area contributed by atoms with Crippen LogP contribution in [0, 0.1) is 0 Å². The number of carbonyl (C=O) groups is 2. The van der Waals surface area contributed by atoms with E-state index < -0.39 is 6.09 Å². The van der Waals surface area contributed by atoms with E-state index in [2.05, 4.69) is 25.6 Å². The first-order chi connectivity index (χ1) is 16.5. The summed E-state index contributed by atoms with van der Waals surface area (Å²) in [6.45, 7) is 2.63. The Labute approximate surface area is 196 Å². The summed E-state index contributed by atoms with van der Waals surface area (Å²) in [4.78, 5) is 38.1. The van der Waals surface area contributed by atoms with Gasteiger partial charge < -0.3 is 15.0 Å². The van der Waals surface area contributed by atoms with Gasteiger partial charge in [-0.3, -0.25) is 15.2 Å². The molecule has 0 spiro atoms. The van der Waals surface area contributed by atoms with Crippen molar-refractivity contribution in [3.05, 3.63) is 72.7 Å². The predicted octanol–water partition coefficient (Wildman–Crippen LogP) is 3.85. The van der Waals surface area contributed by atoms with Crippen molar-refractivity contribution >= 4 is 28.7 Å². The van der Waals surface area contributed by atoms with Crippen LogP contribution in [-0.2, 0) is 20.1 Å². The first kappa shape index (κ1) is 22.7. The normalized spacial score (nSPS) is 10.8. The molecule has 10 heteroatoms. The van der Waals surface area contributed by atoms with Gasteiger partial charge in [0, 0.05) is 50.0 Å². The van der Waals surface area contributed by atoms with Gasteiger partial charge in [0.1, 0.15) is 11.6 Å². The third-order valence-corrected chi connectivity index (χ3v) is 5.45. The maximum Gasteiger partial charge on any atom is 0.408 e. The number of fused-ring (bicyclic) bond motifs is 1. The van der Waals surface area contributed by atoms with Crippen molar-refractivity contribution in [2.24, 2.45) is 7.05 Å². The van der Waals surface area contributed by atoms with Crippen LogP contribution in [0.15, 0.2) is 61.3 Å². The van der Waals surface area contributed by atoms with E-state index in [9.17, 15) is 14.7 Å². The molecule has 3 aromatic heterocycles. The van der Waals surface area contributed by atoms with E-state index in [-0.39, 0.29) is 19.1 Å². The molecule has 34 heavy (non-hydrogen) atoms. The topological polar surface area (TPSA) is 125 Å². The SMILES string of the molecule is CCNC(=O)Nc1cc2c(-c3ccncc3)ccc(CN(Cc3nccn3C)C(=O)O)c2cn1. The number of imidazole rings is 1. The van der Waals surface area contributed by atoms with Crippen molar-refractivity contribution in [1.82, 2.24) is 29.7 Å². The van der Waals surface area contributed by atoms with Crippen LogP contribution in [0.5, 0.6) is 0 Å². The number of hydrogen-bond donors (Lipinski definition) is 3. The Balaban J connectivity index is 1.75. The summed E-state index contributed by atoms with van der Waals surface area (Å²) in [5.74, 6) is 1.04. The van der Waals surface area contributed by atoms with Crippen LogP contribution in [-0.4, -0.2) is 48.2 Å². The number of anilines is 1. The number of rotatable bonds is 7. The molecule has 0 aliphatic carbocycles. The van der Waals surface area contributed by atoms with Gasteiger partial charge in [0.05, 0.1) is 13.1 Å². The molecule has 10 nitrogen and oxygen atoms in total. The molecule has 4 rings (SSSR count). The van der Waals surface area contributed by atoms with Gasteiger partial charge in [-0.2, -0.15) is 0 Å². The Bertz CT molecular complexity index is 1320. The number of carboxylic acid groups (broad SMARTS) is 1. The van der Waals surface area contributed by atoms with E-state index in [1.165, 1.54) is 4.90 Å². The molecule has 0 fully saturated rings. The minimum absolute atomic E-state index is 0.149. The number of pyridine rings is 2. The molecule has 3 N–H and O–H groups in total. The van der Waals surface area contributed by atoms with Gasteiger partial charge in [0.25, 0.3) is 0 Å². The molecule has 0 bridgehead atoms. The summed E-state index contributed by atoms with van der Waals surface area (Å²) in [7, 11) is 1.83. The first-order valence-corrected chi connectivity index (χ1v) is 10.8. The van der Waals surface area contributed by atoms with Crippen LogP contribution in [0.4, 0.5) is 15.4 Å². The zero-order valence-electron chi connectivity index (χ0n) is 18.9. The quantitative estimate of drug-likeness (QED) is 0.385. The molecule has 0 radical (unpaired) electrons. The monoisotopic (exact) mass is 459 g/mol. The van der Waals surface area contributed by atoms with E-state index in [1.807, 2.05) is 38.2 Å². The van der Waals surface area contributed by atoms with Crippen LogP contribution in [0.3, 0.4) is 0 Å². The lowest BCUT2D eigenvalue weighted by molar-refractivity contribution is 0.137. The maximum atomic E-state index is 12.0. The van der Waals surface area contributed by atoms with Crippen molar-refractivity contribution < 1.29 is 14.7 Å². The van der Waals surface area contributed by atoms with Gasteiger partial charge in [0.2, 0.25) is 0 Å². The lowest BCUT2D eigenvalue weighted by Gasteiger charge is -2.21. The van der Waals surface area contributed by atoms with Crippen LogP contribution in [0.1, 0.15) is 18.3 Å². The average Bonchev–Trinajstić information content (AvgIpc) is 3.23. The maximum absolute atomic E-state index is 12.0. The number of nitrogens with zero attached hydrogens (tertiary/aromatic N) is 5. The minimum atomic E-state index is -1.04. The molecule has 0 aliphatic rings. The van der Waals surface area contributed by atoms with Gasteiger partial charge in [-0.05, 0) is 47.2 Å². The summed E-state index contributed by atoms with van der Waals surface area (Å²) in [6.07, 6.45) is 7.46. The zero-order valence-corrected chi connectivity index (χ0v) is 18.9. The van der Waals surface area contributed by atoms with Gasteiger partial charge in [-0.1, -0.05) is 12.1 Å². The average molecular weight is 460 g/mol.